The van der Waals surface area contributed by atoms with Crippen LogP contribution in [0.15, 0.2) is 47.5 Å². The van der Waals surface area contributed by atoms with Gasteiger partial charge in [-0.05, 0) is 36.2 Å². The molecular formula is C19H24N4O2. The van der Waals surface area contributed by atoms with Crippen molar-refractivity contribution < 1.29 is 9.53 Å². The molecule has 4 N–H and O–H groups in total. The Morgan fingerprint density at radius 1 is 1.12 bits per heavy atom. The standard InChI is InChI=1S/C19H24N4O2/c1-13-4-7-16(17(10-13)25-3)12-23-19(21-2)22-11-14-5-8-15(9-6-14)18(20)24/h4-10H,11-12H2,1-3H3,(H2,20,24)(H2,21,22,23). The first-order valence-corrected chi connectivity index (χ1v) is 8.00. The van der Waals surface area contributed by atoms with Gasteiger partial charge in [0.05, 0.1) is 7.11 Å². The van der Waals surface area contributed by atoms with Gasteiger partial charge in [-0.2, -0.15) is 0 Å². The molecule has 2 aromatic carbocycles. The minimum Gasteiger partial charge on any atom is -0.496 e. The molecule has 0 fully saturated rings. The van der Waals surface area contributed by atoms with Crippen molar-refractivity contribution in [1.82, 2.24) is 10.6 Å². The number of carbonyl (C=O) groups is 1. The van der Waals surface area contributed by atoms with Gasteiger partial charge in [0.1, 0.15) is 5.75 Å². The SMILES string of the molecule is CN=C(NCc1ccc(C(N)=O)cc1)NCc1ccc(C)cc1OC. The van der Waals surface area contributed by atoms with E-state index in [1.165, 1.54) is 0 Å². The van der Waals surface area contributed by atoms with Crippen LogP contribution in [-0.4, -0.2) is 26.0 Å². The summed E-state index contributed by atoms with van der Waals surface area (Å²) in [6.45, 7) is 3.22. The lowest BCUT2D eigenvalue weighted by atomic mass is 10.1. The van der Waals surface area contributed by atoms with Crippen LogP contribution in [0, 0.1) is 6.92 Å². The normalized spacial score (nSPS) is 11.1. The van der Waals surface area contributed by atoms with E-state index in [9.17, 15) is 4.79 Å². The zero-order valence-corrected chi connectivity index (χ0v) is 14.8. The molecule has 0 aliphatic rings. The number of rotatable bonds is 6. The Bertz CT molecular complexity index is 755. The number of guanidine groups is 1. The largest absolute Gasteiger partial charge is 0.496 e. The molecule has 0 saturated carbocycles. The third-order valence-corrected chi connectivity index (χ3v) is 3.81. The molecule has 0 spiro atoms. The monoisotopic (exact) mass is 340 g/mol. The predicted octanol–water partition coefficient (Wildman–Crippen LogP) is 1.97. The Morgan fingerprint density at radius 2 is 1.80 bits per heavy atom. The first-order chi connectivity index (χ1) is 12.0. The Balaban J connectivity index is 1.92. The fraction of sp³-hybridized carbons (Fsp3) is 0.263. The molecule has 0 aliphatic carbocycles. The zero-order chi connectivity index (χ0) is 18.2. The number of hydrogen-bond acceptors (Lipinski definition) is 3. The van der Waals surface area contributed by atoms with Crippen LogP contribution in [0.4, 0.5) is 0 Å². The zero-order valence-electron chi connectivity index (χ0n) is 14.8. The van der Waals surface area contributed by atoms with Gasteiger partial charge in [-0.15, -0.1) is 0 Å². The van der Waals surface area contributed by atoms with Gasteiger partial charge in [0, 0.05) is 31.3 Å². The smallest absolute Gasteiger partial charge is 0.248 e. The number of carbonyl (C=O) groups excluding carboxylic acids is 1. The summed E-state index contributed by atoms with van der Waals surface area (Å²) in [4.78, 5) is 15.3. The Labute approximate surface area is 148 Å². The van der Waals surface area contributed by atoms with E-state index < -0.39 is 5.91 Å². The third kappa shape index (κ3) is 5.24. The molecule has 1 amide bonds. The van der Waals surface area contributed by atoms with Crippen molar-refractivity contribution in [2.75, 3.05) is 14.2 Å². The maximum absolute atomic E-state index is 11.1. The van der Waals surface area contributed by atoms with E-state index >= 15 is 0 Å². The number of nitrogens with two attached hydrogens (primary N) is 1. The molecule has 0 radical (unpaired) electrons. The van der Waals surface area contributed by atoms with Gasteiger partial charge < -0.3 is 21.1 Å². The fourth-order valence-corrected chi connectivity index (χ4v) is 2.37. The van der Waals surface area contributed by atoms with E-state index in [-0.39, 0.29) is 0 Å². The van der Waals surface area contributed by atoms with Crippen molar-refractivity contribution in [1.29, 1.82) is 0 Å². The highest BCUT2D eigenvalue weighted by atomic mass is 16.5. The molecule has 2 aromatic rings. The van der Waals surface area contributed by atoms with Crippen LogP contribution in [0.1, 0.15) is 27.0 Å². The molecule has 2 rings (SSSR count). The topological polar surface area (TPSA) is 88.7 Å². The number of ether oxygens (including phenoxy) is 1. The Morgan fingerprint density at radius 3 is 2.40 bits per heavy atom. The van der Waals surface area contributed by atoms with Crippen molar-refractivity contribution >= 4 is 11.9 Å². The maximum Gasteiger partial charge on any atom is 0.248 e. The van der Waals surface area contributed by atoms with E-state index in [1.54, 1.807) is 26.3 Å². The summed E-state index contributed by atoms with van der Waals surface area (Å²) in [6, 6.07) is 13.3. The van der Waals surface area contributed by atoms with Crippen LogP contribution in [0.2, 0.25) is 0 Å². The molecule has 0 heterocycles. The molecule has 0 bridgehead atoms. The molecular weight excluding hydrogens is 316 g/mol. The van der Waals surface area contributed by atoms with Crippen molar-refractivity contribution in [2.45, 2.75) is 20.0 Å². The molecule has 0 aliphatic heterocycles. The molecule has 6 heteroatoms. The van der Waals surface area contributed by atoms with Crippen molar-refractivity contribution in [3.05, 3.63) is 64.7 Å². The highest BCUT2D eigenvalue weighted by Gasteiger charge is 2.05. The van der Waals surface area contributed by atoms with Crippen molar-refractivity contribution in [2.24, 2.45) is 10.7 Å². The highest BCUT2D eigenvalue weighted by molar-refractivity contribution is 5.92. The summed E-state index contributed by atoms with van der Waals surface area (Å²) in [5, 5.41) is 6.50. The van der Waals surface area contributed by atoms with E-state index in [0.29, 0.717) is 24.6 Å². The number of methoxy groups -OCH3 is 1. The van der Waals surface area contributed by atoms with Gasteiger partial charge in [0.15, 0.2) is 5.96 Å². The van der Waals surface area contributed by atoms with Gasteiger partial charge in [-0.1, -0.05) is 24.3 Å². The number of nitrogens with zero attached hydrogens (tertiary/aromatic N) is 1. The molecule has 132 valence electrons. The summed E-state index contributed by atoms with van der Waals surface area (Å²) < 4.78 is 5.41. The van der Waals surface area contributed by atoms with Crippen LogP contribution in [0.3, 0.4) is 0 Å². The quantitative estimate of drug-likeness (QED) is 0.554. The summed E-state index contributed by atoms with van der Waals surface area (Å²) in [5.74, 6) is 1.11. The van der Waals surface area contributed by atoms with Gasteiger partial charge in [0.25, 0.3) is 0 Å². The van der Waals surface area contributed by atoms with Crippen LogP contribution >= 0.6 is 0 Å². The third-order valence-electron chi connectivity index (χ3n) is 3.81. The lowest BCUT2D eigenvalue weighted by Gasteiger charge is -2.14. The second-order valence-corrected chi connectivity index (χ2v) is 5.66. The summed E-state index contributed by atoms with van der Waals surface area (Å²) in [5.41, 5.74) is 8.98. The Kier molecular flexibility index (Phi) is 6.39. The number of primary amides is 1. The van der Waals surface area contributed by atoms with Crippen molar-refractivity contribution in [3.8, 4) is 5.75 Å². The van der Waals surface area contributed by atoms with E-state index in [0.717, 1.165) is 22.4 Å². The number of benzene rings is 2. The summed E-state index contributed by atoms with van der Waals surface area (Å²) in [7, 11) is 3.39. The van der Waals surface area contributed by atoms with E-state index in [1.807, 2.05) is 31.2 Å². The predicted molar refractivity (Wildman–Crippen MR) is 99.7 cm³/mol. The van der Waals surface area contributed by atoms with Gasteiger partial charge in [-0.3, -0.25) is 9.79 Å². The van der Waals surface area contributed by atoms with E-state index in [4.69, 9.17) is 10.5 Å². The molecule has 0 atom stereocenters. The number of aryl methyl sites for hydroxylation is 1. The number of aliphatic imine (C=N–C) groups is 1. The second-order valence-electron chi connectivity index (χ2n) is 5.66. The van der Waals surface area contributed by atoms with Gasteiger partial charge in [-0.25, -0.2) is 0 Å². The molecule has 0 aromatic heterocycles. The molecule has 6 nitrogen and oxygen atoms in total. The second kappa shape index (κ2) is 8.73. The molecule has 0 unspecified atom stereocenters. The summed E-state index contributed by atoms with van der Waals surface area (Å²) in [6.07, 6.45) is 0. The molecule has 0 saturated heterocycles. The Hall–Kier alpha value is -3.02. The highest BCUT2D eigenvalue weighted by Crippen LogP contribution is 2.19. The van der Waals surface area contributed by atoms with Gasteiger partial charge >= 0.3 is 0 Å². The molecule has 25 heavy (non-hydrogen) atoms. The average Bonchev–Trinajstić information content (AvgIpc) is 2.63. The fourth-order valence-electron chi connectivity index (χ4n) is 2.37. The minimum absolute atomic E-state index is 0.427. The summed E-state index contributed by atoms with van der Waals surface area (Å²) >= 11 is 0. The van der Waals surface area contributed by atoms with Crippen molar-refractivity contribution in [3.63, 3.8) is 0 Å². The van der Waals surface area contributed by atoms with Crippen LogP contribution in [-0.2, 0) is 13.1 Å². The van der Waals surface area contributed by atoms with Crippen LogP contribution < -0.4 is 21.1 Å². The first kappa shape index (κ1) is 18.3. The van der Waals surface area contributed by atoms with Gasteiger partial charge in [0.2, 0.25) is 5.91 Å². The number of amides is 1. The number of hydrogen-bond donors (Lipinski definition) is 3. The van der Waals surface area contributed by atoms with E-state index in [2.05, 4.69) is 21.7 Å². The lowest BCUT2D eigenvalue weighted by Crippen LogP contribution is -2.36. The first-order valence-electron chi connectivity index (χ1n) is 8.00. The average molecular weight is 340 g/mol. The maximum atomic E-state index is 11.1. The lowest BCUT2D eigenvalue weighted by molar-refractivity contribution is 0.100. The minimum atomic E-state index is -0.427. The van der Waals surface area contributed by atoms with Crippen LogP contribution in [0.5, 0.6) is 5.75 Å². The van der Waals surface area contributed by atoms with Crippen LogP contribution in [0.25, 0.3) is 0 Å². The number of nitrogens with one attached hydrogen (secondary N) is 2.